The molecule has 0 aromatic heterocycles. The van der Waals surface area contributed by atoms with E-state index in [9.17, 15) is 14.3 Å². The Bertz CT molecular complexity index is 355. The molecule has 0 spiro atoms. The summed E-state index contributed by atoms with van der Waals surface area (Å²) in [4.78, 5) is 11.7. The highest BCUT2D eigenvalue weighted by atomic mass is 19.1. The zero-order chi connectivity index (χ0) is 12.1. The van der Waals surface area contributed by atoms with Crippen molar-refractivity contribution in [1.29, 1.82) is 0 Å². The van der Waals surface area contributed by atoms with Crippen molar-refractivity contribution in [1.82, 2.24) is 5.32 Å². The first-order valence-corrected chi connectivity index (χ1v) is 5.38. The third-order valence-corrected chi connectivity index (χ3v) is 2.54. The van der Waals surface area contributed by atoms with Gasteiger partial charge in [0.25, 0.3) is 5.91 Å². The molecular formula is C12H16FNO2. The number of halogens is 1. The maximum Gasteiger partial charge on any atom is 0.258 e. The molecule has 0 bridgehead atoms. The number of nitrogens with one attached hydrogen (secondary N) is 1. The van der Waals surface area contributed by atoms with E-state index in [4.69, 9.17) is 0 Å². The number of carbonyl (C=O) groups excluding carboxylic acids is 1. The van der Waals surface area contributed by atoms with E-state index in [0.717, 1.165) is 18.9 Å². The fourth-order valence-electron chi connectivity index (χ4n) is 1.49. The average Bonchev–Trinajstić information content (AvgIpc) is 2.25. The van der Waals surface area contributed by atoms with Crippen molar-refractivity contribution >= 4 is 5.91 Å². The summed E-state index contributed by atoms with van der Waals surface area (Å²) in [7, 11) is 0. The molecule has 88 valence electrons. The SMILES string of the molecule is CCC(CC)NC(=O)c1c(O)cccc1F. The summed E-state index contributed by atoms with van der Waals surface area (Å²) in [5.74, 6) is -1.60. The second-order valence-electron chi connectivity index (χ2n) is 3.62. The van der Waals surface area contributed by atoms with Crippen molar-refractivity contribution in [3.63, 3.8) is 0 Å². The molecule has 1 rings (SSSR count). The van der Waals surface area contributed by atoms with Gasteiger partial charge < -0.3 is 10.4 Å². The zero-order valence-electron chi connectivity index (χ0n) is 9.46. The highest BCUT2D eigenvalue weighted by Gasteiger charge is 2.18. The van der Waals surface area contributed by atoms with E-state index in [1.54, 1.807) is 0 Å². The van der Waals surface area contributed by atoms with Gasteiger partial charge in [-0.2, -0.15) is 0 Å². The Morgan fingerprint density at radius 3 is 2.56 bits per heavy atom. The fourth-order valence-corrected chi connectivity index (χ4v) is 1.49. The van der Waals surface area contributed by atoms with Crippen LogP contribution in [0.2, 0.25) is 0 Å². The van der Waals surface area contributed by atoms with E-state index in [2.05, 4.69) is 5.32 Å². The third kappa shape index (κ3) is 2.72. The van der Waals surface area contributed by atoms with Gasteiger partial charge in [-0.05, 0) is 25.0 Å². The van der Waals surface area contributed by atoms with Crippen LogP contribution < -0.4 is 5.32 Å². The maximum absolute atomic E-state index is 13.3. The van der Waals surface area contributed by atoms with Gasteiger partial charge in [-0.3, -0.25) is 4.79 Å². The molecule has 0 aliphatic carbocycles. The lowest BCUT2D eigenvalue weighted by Gasteiger charge is -2.15. The second-order valence-corrected chi connectivity index (χ2v) is 3.62. The molecule has 0 atom stereocenters. The molecule has 0 radical (unpaired) electrons. The third-order valence-electron chi connectivity index (χ3n) is 2.54. The van der Waals surface area contributed by atoms with Crippen LogP contribution in [0, 0.1) is 5.82 Å². The first-order valence-electron chi connectivity index (χ1n) is 5.38. The molecule has 0 fully saturated rings. The van der Waals surface area contributed by atoms with Crippen LogP contribution in [0.5, 0.6) is 5.75 Å². The minimum atomic E-state index is -0.705. The lowest BCUT2D eigenvalue weighted by Crippen LogP contribution is -2.34. The highest BCUT2D eigenvalue weighted by Crippen LogP contribution is 2.19. The standard InChI is InChI=1S/C12H16FNO2/c1-3-8(4-2)14-12(16)11-9(13)6-5-7-10(11)15/h5-8,15H,3-4H2,1-2H3,(H,14,16). The number of rotatable bonds is 4. The summed E-state index contributed by atoms with van der Waals surface area (Å²) in [5.41, 5.74) is -0.283. The molecule has 0 saturated heterocycles. The van der Waals surface area contributed by atoms with Crippen molar-refractivity contribution < 1.29 is 14.3 Å². The smallest absolute Gasteiger partial charge is 0.258 e. The van der Waals surface area contributed by atoms with Crippen LogP contribution in [0.1, 0.15) is 37.0 Å². The Morgan fingerprint density at radius 2 is 2.06 bits per heavy atom. The van der Waals surface area contributed by atoms with E-state index < -0.39 is 11.7 Å². The van der Waals surface area contributed by atoms with Crippen LogP contribution in [0.3, 0.4) is 0 Å². The number of phenolic OH excluding ortho intramolecular Hbond substituents is 1. The number of phenols is 1. The minimum Gasteiger partial charge on any atom is -0.507 e. The summed E-state index contributed by atoms with van der Waals surface area (Å²) in [6, 6.07) is 3.82. The molecule has 2 N–H and O–H groups in total. The average molecular weight is 225 g/mol. The van der Waals surface area contributed by atoms with E-state index in [-0.39, 0.29) is 17.4 Å². The summed E-state index contributed by atoms with van der Waals surface area (Å²) >= 11 is 0. The summed E-state index contributed by atoms with van der Waals surface area (Å²) in [5, 5.41) is 12.1. The van der Waals surface area contributed by atoms with Crippen molar-refractivity contribution in [2.75, 3.05) is 0 Å². The van der Waals surface area contributed by atoms with Crippen LogP contribution in [0.15, 0.2) is 18.2 Å². The van der Waals surface area contributed by atoms with Gasteiger partial charge in [-0.25, -0.2) is 4.39 Å². The fraction of sp³-hybridized carbons (Fsp3) is 0.417. The lowest BCUT2D eigenvalue weighted by atomic mass is 10.1. The highest BCUT2D eigenvalue weighted by molar-refractivity contribution is 5.97. The molecule has 0 saturated carbocycles. The van der Waals surface area contributed by atoms with Crippen LogP contribution in [-0.4, -0.2) is 17.1 Å². The zero-order valence-corrected chi connectivity index (χ0v) is 9.46. The van der Waals surface area contributed by atoms with Gasteiger partial charge in [-0.1, -0.05) is 19.9 Å². The predicted octanol–water partition coefficient (Wildman–Crippen LogP) is 2.45. The largest absolute Gasteiger partial charge is 0.507 e. The number of hydrogen-bond donors (Lipinski definition) is 2. The molecule has 0 aliphatic rings. The number of carbonyl (C=O) groups is 1. The first-order chi connectivity index (χ1) is 7.60. The van der Waals surface area contributed by atoms with E-state index in [1.165, 1.54) is 12.1 Å². The maximum atomic E-state index is 13.3. The van der Waals surface area contributed by atoms with Crippen LogP contribution >= 0.6 is 0 Å². The molecule has 0 heterocycles. The Labute approximate surface area is 94.3 Å². The quantitative estimate of drug-likeness (QED) is 0.826. The van der Waals surface area contributed by atoms with Gasteiger partial charge in [-0.15, -0.1) is 0 Å². The van der Waals surface area contributed by atoms with Gasteiger partial charge in [0, 0.05) is 6.04 Å². The van der Waals surface area contributed by atoms with E-state index in [1.807, 2.05) is 13.8 Å². The van der Waals surface area contributed by atoms with Gasteiger partial charge >= 0.3 is 0 Å². The summed E-state index contributed by atoms with van der Waals surface area (Å²) < 4.78 is 13.3. The van der Waals surface area contributed by atoms with Crippen LogP contribution in [0.4, 0.5) is 4.39 Å². The van der Waals surface area contributed by atoms with Gasteiger partial charge in [0.1, 0.15) is 17.1 Å². The molecule has 0 aliphatic heterocycles. The second kappa shape index (κ2) is 5.49. The predicted molar refractivity (Wildman–Crippen MR) is 59.9 cm³/mol. The monoisotopic (exact) mass is 225 g/mol. The number of amides is 1. The molecule has 4 heteroatoms. The van der Waals surface area contributed by atoms with Gasteiger partial charge in [0.2, 0.25) is 0 Å². The Kier molecular flexibility index (Phi) is 4.28. The van der Waals surface area contributed by atoms with Gasteiger partial charge in [0.05, 0.1) is 0 Å². The molecule has 3 nitrogen and oxygen atoms in total. The lowest BCUT2D eigenvalue weighted by molar-refractivity contribution is 0.0928. The van der Waals surface area contributed by atoms with Crippen molar-refractivity contribution in [2.45, 2.75) is 32.7 Å². The number of hydrogen-bond acceptors (Lipinski definition) is 2. The Morgan fingerprint density at radius 1 is 1.44 bits per heavy atom. The molecule has 16 heavy (non-hydrogen) atoms. The Balaban J connectivity index is 2.88. The normalized spacial score (nSPS) is 10.5. The molecule has 1 aromatic carbocycles. The summed E-state index contributed by atoms with van der Waals surface area (Å²) in [6.45, 7) is 3.88. The molecule has 1 aromatic rings. The topological polar surface area (TPSA) is 49.3 Å². The van der Waals surface area contributed by atoms with Crippen LogP contribution in [0.25, 0.3) is 0 Å². The molecule has 0 unspecified atom stereocenters. The van der Waals surface area contributed by atoms with Crippen molar-refractivity contribution in [3.05, 3.63) is 29.6 Å². The Hall–Kier alpha value is -1.58. The minimum absolute atomic E-state index is 0.00602. The van der Waals surface area contributed by atoms with E-state index >= 15 is 0 Å². The summed E-state index contributed by atoms with van der Waals surface area (Å²) in [6.07, 6.45) is 1.55. The van der Waals surface area contributed by atoms with Crippen molar-refractivity contribution in [2.24, 2.45) is 0 Å². The van der Waals surface area contributed by atoms with Crippen LogP contribution in [-0.2, 0) is 0 Å². The van der Waals surface area contributed by atoms with Crippen molar-refractivity contribution in [3.8, 4) is 5.75 Å². The van der Waals surface area contributed by atoms with Gasteiger partial charge in [0.15, 0.2) is 0 Å². The molecule has 1 amide bonds. The van der Waals surface area contributed by atoms with E-state index in [0.29, 0.717) is 0 Å². The number of benzene rings is 1. The number of aromatic hydroxyl groups is 1. The molecular weight excluding hydrogens is 209 g/mol. The first kappa shape index (κ1) is 12.5.